The molecule has 2 aromatic carbocycles. The molecule has 0 aliphatic heterocycles. The second-order valence-corrected chi connectivity index (χ2v) is 6.44. The quantitative estimate of drug-likeness (QED) is 0.720. The first-order valence-electron chi connectivity index (χ1n) is 8.38. The van der Waals surface area contributed by atoms with E-state index >= 15 is 0 Å². The van der Waals surface area contributed by atoms with Crippen molar-refractivity contribution in [2.45, 2.75) is 13.0 Å². The molecule has 4 heteroatoms. The number of nitrogens with zero attached hydrogens (tertiary/aromatic N) is 3. The Morgan fingerprint density at radius 3 is 2.28 bits per heavy atom. The van der Waals surface area contributed by atoms with Crippen LogP contribution in [0.15, 0.2) is 60.7 Å². The highest BCUT2D eigenvalue weighted by Crippen LogP contribution is 2.26. The molecule has 0 radical (unpaired) electrons. The average molecular weight is 333 g/mol. The molecular formula is C21H23N3O. The van der Waals surface area contributed by atoms with Gasteiger partial charge in [0.25, 0.3) is 5.91 Å². The molecule has 0 fully saturated rings. The van der Waals surface area contributed by atoms with Crippen LogP contribution in [0.25, 0.3) is 10.9 Å². The third kappa shape index (κ3) is 3.33. The number of carbonyl (C=O) groups is 1. The molecule has 1 atom stereocenters. The normalized spacial score (nSPS) is 12.0. The van der Waals surface area contributed by atoms with Crippen molar-refractivity contribution in [2.24, 2.45) is 0 Å². The van der Waals surface area contributed by atoms with E-state index in [4.69, 9.17) is 0 Å². The van der Waals surface area contributed by atoms with Crippen molar-refractivity contribution in [2.75, 3.05) is 26.0 Å². The van der Waals surface area contributed by atoms with Crippen LogP contribution >= 0.6 is 0 Å². The van der Waals surface area contributed by atoms with Crippen molar-refractivity contribution in [3.8, 4) is 0 Å². The topological polar surface area (TPSA) is 36.4 Å². The van der Waals surface area contributed by atoms with Gasteiger partial charge in [-0.05, 0) is 24.6 Å². The van der Waals surface area contributed by atoms with Crippen molar-refractivity contribution in [3.63, 3.8) is 0 Å². The number of pyridine rings is 1. The van der Waals surface area contributed by atoms with Gasteiger partial charge in [0.05, 0.1) is 17.1 Å². The summed E-state index contributed by atoms with van der Waals surface area (Å²) in [5.41, 5.74) is 2.63. The number of hydrogen-bond acceptors (Lipinski definition) is 3. The van der Waals surface area contributed by atoms with Gasteiger partial charge in [0, 0.05) is 26.5 Å². The van der Waals surface area contributed by atoms with Crippen LogP contribution in [0.4, 0.5) is 5.82 Å². The molecule has 0 N–H and O–H groups in total. The van der Waals surface area contributed by atoms with Gasteiger partial charge in [-0.2, -0.15) is 0 Å². The van der Waals surface area contributed by atoms with Gasteiger partial charge in [0.2, 0.25) is 0 Å². The van der Waals surface area contributed by atoms with Crippen LogP contribution < -0.4 is 4.90 Å². The van der Waals surface area contributed by atoms with Crippen LogP contribution in [0.5, 0.6) is 0 Å². The number of amides is 1. The number of benzene rings is 2. The van der Waals surface area contributed by atoms with Gasteiger partial charge in [-0.3, -0.25) is 4.79 Å². The number of aromatic nitrogens is 1. The van der Waals surface area contributed by atoms with E-state index in [1.165, 1.54) is 0 Å². The van der Waals surface area contributed by atoms with Gasteiger partial charge >= 0.3 is 0 Å². The summed E-state index contributed by atoms with van der Waals surface area (Å²) in [7, 11) is 5.72. The van der Waals surface area contributed by atoms with Gasteiger partial charge < -0.3 is 9.80 Å². The summed E-state index contributed by atoms with van der Waals surface area (Å²) in [4.78, 5) is 21.6. The first-order valence-corrected chi connectivity index (χ1v) is 8.38. The number of carbonyl (C=O) groups excluding carboxylic acids is 1. The van der Waals surface area contributed by atoms with E-state index in [1.54, 1.807) is 4.90 Å². The van der Waals surface area contributed by atoms with E-state index in [0.29, 0.717) is 5.56 Å². The van der Waals surface area contributed by atoms with E-state index in [-0.39, 0.29) is 11.9 Å². The monoisotopic (exact) mass is 333 g/mol. The van der Waals surface area contributed by atoms with Crippen LogP contribution in [0.3, 0.4) is 0 Å². The fourth-order valence-electron chi connectivity index (χ4n) is 2.89. The SMILES string of the molecule is C[C@@H](c1ccccc1)N(C)C(=O)c1cc(N(C)C)nc2ccccc12. The third-order valence-corrected chi connectivity index (χ3v) is 4.57. The van der Waals surface area contributed by atoms with Gasteiger partial charge in [-0.1, -0.05) is 48.5 Å². The van der Waals surface area contributed by atoms with Crippen molar-refractivity contribution >= 4 is 22.6 Å². The molecule has 0 bridgehead atoms. The maximum absolute atomic E-state index is 13.2. The predicted molar refractivity (Wildman–Crippen MR) is 103 cm³/mol. The smallest absolute Gasteiger partial charge is 0.254 e. The number of rotatable bonds is 4. The summed E-state index contributed by atoms with van der Waals surface area (Å²) in [5.74, 6) is 0.779. The van der Waals surface area contributed by atoms with Crippen molar-refractivity contribution in [1.29, 1.82) is 0 Å². The molecule has 0 saturated heterocycles. The highest BCUT2D eigenvalue weighted by molar-refractivity contribution is 6.07. The first-order chi connectivity index (χ1) is 12.0. The molecule has 0 saturated carbocycles. The molecule has 0 spiro atoms. The van der Waals surface area contributed by atoms with Crippen molar-refractivity contribution in [1.82, 2.24) is 9.88 Å². The molecule has 0 unspecified atom stereocenters. The summed E-state index contributed by atoms with van der Waals surface area (Å²) >= 11 is 0. The Kier molecular flexibility index (Phi) is 4.70. The highest BCUT2D eigenvalue weighted by Gasteiger charge is 2.22. The second-order valence-electron chi connectivity index (χ2n) is 6.44. The predicted octanol–water partition coefficient (Wildman–Crippen LogP) is 4.13. The molecule has 4 nitrogen and oxygen atoms in total. The Morgan fingerprint density at radius 1 is 0.960 bits per heavy atom. The molecule has 3 aromatic rings. The molecule has 25 heavy (non-hydrogen) atoms. The minimum absolute atomic E-state index is 0.00180. The third-order valence-electron chi connectivity index (χ3n) is 4.57. The zero-order chi connectivity index (χ0) is 18.0. The molecule has 0 aliphatic carbocycles. The van der Waals surface area contributed by atoms with Crippen LogP contribution in [0.2, 0.25) is 0 Å². The number of hydrogen-bond donors (Lipinski definition) is 0. The number of para-hydroxylation sites is 1. The van der Waals surface area contributed by atoms with Gasteiger partial charge in [0.15, 0.2) is 0 Å². The molecular weight excluding hydrogens is 310 g/mol. The van der Waals surface area contributed by atoms with E-state index in [1.807, 2.05) is 93.6 Å². The van der Waals surface area contributed by atoms with Crippen LogP contribution in [0.1, 0.15) is 28.9 Å². The number of anilines is 1. The fraction of sp³-hybridized carbons (Fsp3) is 0.238. The van der Waals surface area contributed by atoms with Crippen LogP contribution in [-0.2, 0) is 0 Å². The summed E-state index contributed by atoms with van der Waals surface area (Å²) in [6, 6.07) is 19.7. The lowest BCUT2D eigenvalue weighted by Gasteiger charge is -2.26. The average Bonchev–Trinajstić information content (AvgIpc) is 2.66. The van der Waals surface area contributed by atoms with E-state index in [9.17, 15) is 4.79 Å². The standard InChI is InChI=1S/C21H23N3O/c1-15(16-10-6-5-7-11-16)24(4)21(25)18-14-20(23(2)3)22-19-13-9-8-12-17(18)19/h5-15H,1-4H3/t15-/m0/s1. The van der Waals surface area contributed by atoms with Crippen molar-refractivity contribution < 1.29 is 4.79 Å². The Morgan fingerprint density at radius 2 is 1.60 bits per heavy atom. The summed E-state index contributed by atoms with van der Waals surface area (Å²) < 4.78 is 0. The zero-order valence-corrected chi connectivity index (χ0v) is 15.1. The molecule has 1 amide bonds. The Bertz CT molecular complexity index is 890. The maximum atomic E-state index is 13.2. The Balaban J connectivity index is 2.04. The minimum Gasteiger partial charge on any atom is -0.363 e. The molecule has 128 valence electrons. The van der Waals surface area contributed by atoms with Crippen LogP contribution in [-0.4, -0.2) is 36.9 Å². The highest BCUT2D eigenvalue weighted by atomic mass is 16.2. The molecule has 1 aromatic heterocycles. The lowest BCUT2D eigenvalue weighted by atomic mass is 10.0. The Labute approximate surface area is 148 Å². The van der Waals surface area contributed by atoms with Gasteiger partial charge in [0.1, 0.15) is 5.82 Å². The van der Waals surface area contributed by atoms with Gasteiger partial charge in [-0.15, -0.1) is 0 Å². The summed E-state index contributed by atoms with van der Waals surface area (Å²) in [6.07, 6.45) is 0. The van der Waals surface area contributed by atoms with Crippen LogP contribution in [0, 0.1) is 0 Å². The minimum atomic E-state index is -0.0107. The number of fused-ring (bicyclic) bond motifs is 1. The van der Waals surface area contributed by atoms with E-state index in [2.05, 4.69) is 4.98 Å². The lowest BCUT2D eigenvalue weighted by Crippen LogP contribution is -2.30. The fourth-order valence-corrected chi connectivity index (χ4v) is 2.89. The molecule has 1 heterocycles. The second kappa shape index (κ2) is 6.93. The summed E-state index contributed by atoms with van der Waals surface area (Å²) in [5, 5.41) is 0.880. The Hall–Kier alpha value is -2.88. The zero-order valence-electron chi connectivity index (χ0n) is 15.1. The van der Waals surface area contributed by atoms with Gasteiger partial charge in [-0.25, -0.2) is 4.98 Å². The molecule has 3 rings (SSSR count). The summed E-state index contributed by atoms with van der Waals surface area (Å²) in [6.45, 7) is 2.05. The largest absolute Gasteiger partial charge is 0.363 e. The molecule has 0 aliphatic rings. The van der Waals surface area contributed by atoms with E-state index in [0.717, 1.165) is 22.3 Å². The lowest BCUT2D eigenvalue weighted by molar-refractivity contribution is 0.0744. The van der Waals surface area contributed by atoms with Crippen molar-refractivity contribution in [3.05, 3.63) is 71.8 Å². The van der Waals surface area contributed by atoms with E-state index < -0.39 is 0 Å². The first kappa shape index (κ1) is 17.0. The maximum Gasteiger partial charge on any atom is 0.254 e.